The van der Waals surface area contributed by atoms with Crippen molar-refractivity contribution in [3.63, 3.8) is 0 Å². The number of rotatable bonds is 7. The van der Waals surface area contributed by atoms with Gasteiger partial charge in [0, 0.05) is 23.7 Å². The number of amides is 3. The van der Waals surface area contributed by atoms with Crippen LogP contribution >= 0.6 is 0 Å². The van der Waals surface area contributed by atoms with Crippen molar-refractivity contribution in [1.82, 2.24) is 15.5 Å². The fraction of sp³-hybridized carbons (Fsp3) is 0.667. The van der Waals surface area contributed by atoms with Gasteiger partial charge in [-0.2, -0.15) is 0 Å². The van der Waals surface area contributed by atoms with E-state index >= 15 is 0 Å². The van der Waals surface area contributed by atoms with Gasteiger partial charge in [0.15, 0.2) is 0 Å². The summed E-state index contributed by atoms with van der Waals surface area (Å²) in [6.07, 6.45) is 7.14. The maximum atomic E-state index is 12.8. The molecule has 7 heteroatoms. The molecule has 1 unspecified atom stereocenters. The Labute approximate surface area is 184 Å². The van der Waals surface area contributed by atoms with Gasteiger partial charge in [-0.05, 0) is 76.3 Å². The molecule has 3 amide bonds. The van der Waals surface area contributed by atoms with Gasteiger partial charge in [-0.3, -0.25) is 15.0 Å². The SMILES string of the molecule is COc1ccc(CN(C)C(C)C(=O)NC(=O)NC23CC4CC(CC(C4)C2)C3)c(OC)c1. The molecule has 0 aromatic heterocycles. The highest BCUT2D eigenvalue weighted by atomic mass is 16.5. The molecule has 0 heterocycles. The van der Waals surface area contributed by atoms with Crippen molar-refractivity contribution in [3.8, 4) is 11.5 Å². The van der Waals surface area contributed by atoms with E-state index in [0.29, 0.717) is 12.3 Å². The van der Waals surface area contributed by atoms with E-state index in [1.165, 1.54) is 19.3 Å². The lowest BCUT2D eigenvalue weighted by Crippen LogP contribution is -2.62. The zero-order chi connectivity index (χ0) is 22.2. The third-order valence-electron chi connectivity index (χ3n) is 7.61. The molecular formula is C24H35N3O4. The molecule has 4 aliphatic rings. The van der Waals surface area contributed by atoms with Crippen molar-refractivity contribution in [3.05, 3.63) is 23.8 Å². The number of nitrogens with one attached hydrogen (secondary N) is 2. The summed E-state index contributed by atoms with van der Waals surface area (Å²) in [6, 6.07) is 4.81. The predicted octanol–water partition coefficient (Wildman–Crippen LogP) is 3.32. The van der Waals surface area contributed by atoms with Crippen molar-refractivity contribution < 1.29 is 19.1 Å². The monoisotopic (exact) mass is 429 g/mol. The Kier molecular flexibility index (Phi) is 6.15. The Hall–Kier alpha value is -2.28. The van der Waals surface area contributed by atoms with Gasteiger partial charge in [0.25, 0.3) is 0 Å². The van der Waals surface area contributed by atoms with Crippen LogP contribution in [0.25, 0.3) is 0 Å². The van der Waals surface area contributed by atoms with Crippen LogP contribution in [0.5, 0.6) is 11.5 Å². The number of ether oxygens (including phenoxy) is 2. The number of carbonyl (C=O) groups is 2. The summed E-state index contributed by atoms with van der Waals surface area (Å²) in [7, 11) is 5.09. The minimum Gasteiger partial charge on any atom is -0.497 e. The molecule has 1 atom stereocenters. The van der Waals surface area contributed by atoms with Crippen LogP contribution in [0.3, 0.4) is 0 Å². The van der Waals surface area contributed by atoms with Crippen LogP contribution < -0.4 is 20.1 Å². The number of urea groups is 1. The molecule has 5 rings (SSSR count). The lowest BCUT2D eigenvalue weighted by atomic mass is 9.53. The first-order chi connectivity index (χ1) is 14.8. The van der Waals surface area contributed by atoms with Gasteiger partial charge in [-0.1, -0.05) is 6.07 Å². The first-order valence-corrected chi connectivity index (χ1v) is 11.3. The zero-order valence-electron chi connectivity index (χ0n) is 19.1. The standard InChI is InChI=1S/C24H35N3O4/c1-15(27(2)14-19-5-6-20(30-3)10-21(19)31-4)22(28)25-23(29)26-24-11-16-7-17(12-24)9-18(8-16)13-24/h5-6,10,15-18H,7-9,11-14H2,1-4H3,(H2,25,26,28,29). The van der Waals surface area contributed by atoms with Crippen molar-refractivity contribution >= 4 is 11.9 Å². The number of benzene rings is 1. The highest BCUT2D eigenvalue weighted by molar-refractivity contribution is 5.97. The molecular weight excluding hydrogens is 394 g/mol. The van der Waals surface area contributed by atoms with E-state index in [1.54, 1.807) is 14.2 Å². The summed E-state index contributed by atoms with van der Waals surface area (Å²) in [5, 5.41) is 5.79. The van der Waals surface area contributed by atoms with Gasteiger partial charge in [0.1, 0.15) is 11.5 Å². The quantitative estimate of drug-likeness (QED) is 0.695. The maximum absolute atomic E-state index is 12.8. The van der Waals surface area contributed by atoms with E-state index in [9.17, 15) is 9.59 Å². The molecule has 4 bridgehead atoms. The lowest BCUT2D eigenvalue weighted by molar-refractivity contribution is -0.124. The summed E-state index contributed by atoms with van der Waals surface area (Å²) in [4.78, 5) is 27.4. The second-order valence-corrected chi connectivity index (χ2v) is 9.91. The average Bonchev–Trinajstić information content (AvgIpc) is 2.71. The van der Waals surface area contributed by atoms with Gasteiger partial charge >= 0.3 is 6.03 Å². The van der Waals surface area contributed by atoms with E-state index in [-0.39, 0.29) is 17.5 Å². The largest absolute Gasteiger partial charge is 0.497 e. The Morgan fingerprint density at radius 1 is 1.10 bits per heavy atom. The molecule has 1 aromatic carbocycles. The summed E-state index contributed by atoms with van der Waals surface area (Å²) < 4.78 is 10.7. The van der Waals surface area contributed by atoms with E-state index in [4.69, 9.17) is 9.47 Å². The smallest absolute Gasteiger partial charge is 0.321 e. The number of nitrogens with zero attached hydrogens (tertiary/aromatic N) is 1. The predicted molar refractivity (Wildman–Crippen MR) is 118 cm³/mol. The molecule has 31 heavy (non-hydrogen) atoms. The van der Waals surface area contributed by atoms with Crippen molar-refractivity contribution in [2.75, 3.05) is 21.3 Å². The maximum Gasteiger partial charge on any atom is 0.321 e. The van der Waals surface area contributed by atoms with Crippen LogP contribution in [0.2, 0.25) is 0 Å². The molecule has 0 aliphatic heterocycles. The van der Waals surface area contributed by atoms with Crippen LogP contribution in [0, 0.1) is 17.8 Å². The normalized spacial score (nSPS) is 29.5. The van der Waals surface area contributed by atoms with Gasteiger partial charge in [-0.15, -0.1) is 0 Å². The molecule has 2 N–H and O–H groups in total. The summed E-state index contributed by atoms with van der Waals surface area (Å²) >= 11 is 0. The minimum atomic E-state index is -0.464. The highest BCUT2D eigenvalue weighted by Crippen LogP contribution is 2.55. The van der Waals surface area contributed by atoms with Gasteiger partial charge < -0.3 is 14.8 Å². The first kappa shape index (κ1) is 21.9. The molecule has 1 aromatic rings. The molecule has 4 saturated carbocycles. The second kappa shape index (κ2) is 8.69. The Morgan fingerprint density at radius 2 is 1.71 bits per heavy atom. The minimum absolute atomic E-state index is 0.106. The second-order valence-electron chi connectivity index (χ2n) is 9.91. The number of hydrogen-bond donors (Lipinski definition) is 2. The van der Waals surface area contributed by atoms with E-state index < -0.39 is 6.04 Å². The van der Waals surface area contributed by atoms with Crippen molar-refractivity contribution in [1.29, 1.82) is 0 Å². The van der Waals surface area contributed by atoms with Crippen LogP contribution in [0.4, 0.5) is 4.79 Å². The lowest BCUT2D eigenvalue weighted by Gasteiger charge is -2.56. The van der Waals surface area contributed by atoms with Crippen LogP contribution in [-0.2, 0) is 11.3 Å². The molecule has 4 aliphatic carbocycles. The molecule has 4 fully saturated rings. The van der Waals surface area contributed by atoms with Gasteiger partial charge in [0.2, 0.25) is 5.91 Å². The number of likely N-dealkylation sites (N-methyl/N-ethyl adjacent to an activating group) is 1. The molecule has 0 saturated heterocycles. The molecule has 0 spiro atoms. The zero-order valence-corrected chi connectivity index (χ0v) is 19.1. The van der Waals surface area contributed by atoms with Crippen molar-refractivity contribution in [2.24, 2.45) is 17.8 Å². The van der Waals surface area contributed by atoms with Crippen molar-refractivity contribution in [2.45, 2.75) is 63.6 Å². The number of carbonyl (C=O) groups excluding carboxylic acids is 2. The van der Waals surface area contributed by atoms with Gasteiger partial charge in [0.05, 0.1) is 20.3 Å². The Bertz CT molecular complexity index is 805. The first-order valence-electron chi connectivity index (χ1n) is 11.3. The summed E-state index contributed by atoms with van der Waals surface area (Å²) in [5.74, 6) is 3.36. The Balaban J connectivity index is 1.32. The molecule has 7 nitrogen and oxygen atoms in total. The highest BCUT2D eigenvalue weighted by Gasteiger charge is 2.51. The third kappa shape index (κ3) is 4.66. The fourth-order valence-corrected chi connectivity index (χ4v) is 6.34. The summed E-state index contributed by atoms with van der Waals surface area (Å²) in [6.45, 7) is 2.32. The summed E-state index contributed by atoms with van der Waals surface area (Å²) in [5.41, 5.74) is 0.841. The third-order valence-corrected chi connectivity index (χ3v) is 7.61. The number of hydrogen-bond acceptors (Lipinski definition) is 5. The van der Waals surface area contributed by atoms with Gasteiger partial charge in [-0.25, -0.2) is 4.79 Å². The molecule has 0 radical (unpaired) electrons. The van der Waals surface area contributed by atoms with Crippen LogP contribution in [-0.4, -0.2) is 49.7 Å². The van der Waals surface area contributed by atoms with E-state index in [1.807, 2.05) is 37.1 Å². The van der Waals surface area contributed by atoms with Crippen LogP contribution in [0.1, 0.15) is 51.0 Å². The van der Waals surface area contributed by atoms with Crippen LogP contribution in [0.15, 0.2) is 18.2 Å². The fourth-order valence-electron chi connectivity index (χ4n) is 6.34. The molecule has 170 valence electrons. The average molecular weight is 430 g/mol. The van der Waals surface area contributed by atoms with E-state index in [0.717, 1.165) is 48.3 Å². The number of imide groups is 1. The Morgan fingerprint density at radius 3 is 2.26 bits per heavy atom. The number of methoxy groups -OCH3 is 2. The van der Waals surface area contributed by atoms with E-state index in [2.05, 4.69) is 10.6 Å². The topological polar surface area (TPSA) is 79.9 Å².